The number of rotatable bonds is 4. The van der Waals surface area contributed by atoms with Crippen molar-refractivity contribution in [1.82, 2.24) is 10.2 Å². The molecule has 2 aromatic carbocycles. The van der Waals surface area contributed by atoms with Gasteiger partial charge in [0.15, 0.2) is 0 Å². The zero-order valence-corrected chi connectivity index (χ0v) is 13.7. The number of fused-ring (bicyclic) bond motifs is 1. The maximum absolute atomic E-state index is 12.2. The van der Waals surface area contributed by atoms with E-state index in [1.807, 2.05) is 42.5 Å². The molecule has 2 amide bonds. The minimum atomic E-state index is -0.746. The minimum absolute atomic E-state index is 0.00139. The van der Waals surface area contributed by atoms with Crippen molar-refractivity contribution in [3.63, 3.8) is 0 Å². The van der Waals surface area contributed by atoms with E-state index in [2.05, 4.69) is 5.32 Å². The Morgan fingerprint density at radius 3 is 2.71 bits per heavy atom. The molecule has 2 atom stereocenters. The topological polar surface area (TPSA) is 69.6 Å². The molecule has 126 valence electrons. The SMILES string of the molecule is CC(=O)N1CCC(C(=O)NCC(O)c2ccc3ccccc3c2)C1. The molecule has 1 fully saturated rings. The number of aliphatic hydroxyl groups excluding tert-OH is 1. The third-order valence-corrected chi connectivity index (χ3v) is 4.63. The van der Waals surface area contributed by atoms with Crippen LogP contribution in [0.1, 0.15) is 25.0 Å². The van der Waals surface area contributed by atoms with E-state index in [9.17, 15) is 14.7 Å². The largest absolute Gasteiger partial charge is 0.387 e. The van der Waals surface area contributed by atoms with E-state index in [4.69, 9.17) is 0 Å². The Bertz CT molecular complexity index is 759. The minimum Gasteiger partial charge on any atom is -0.387 e. The van der Waals surface area contributed by atoms with Crippen molar-refractivity contribution in [1.29, 1.82) is 0 Å². The average molecular weight is 326 g/mol. The summed E-state index contributed by atoms with van der Waals surface area (Å²) < 4.78 is 0. The van der Waals surface area contributed by atoms with Crippen LogP contribution in [0.25, 0.3) is 10.8 Å². The summed E-state index contributed by atoms with van der Waals surface area (Å²) in [5.41, 5.74) is 0.783. The van der Waals surface area contributed by atoms with Gasteiger partial charge in [0, 0.05) is 26.6 Å². The molecule has 1 aliphatic heterocycles. The molecule has 0 radical (unpaired) electrons. The van der Waals surface area contributed by atoms with Crippen LogP contribution in [-0.4, -0.2) is 41.5 Å². The van der Waals surface area contributed by atoms with Crippen LogP contribution in [0.2, 0.25) is 0 Å². The number of aliphatic hydroxyl groups is 1. The summed E-state index contributed by atoms with van der Waals surface area (Å²) in [4.78, 5) is 25.2. The molecule has 5 nitrogen and oxygen atoms in total. The summed E-state index contributed by atoms with van der Waals surface area (Å²) in [6.45, 7) is 2.78. The quantitative estimate of drug-likeness (QED) is 0.901. The molecule has 2 N–H and O–H groups in total. The van der Waals surface area contributed by atoms with Gasteiger partial charge in [-0.05, 0) is 28.8 Å². The summed E-state index contributed by atoms with van der Waals surface area (Å²) >= 11 is 0. The lowest BCUT2D eigenvalue weighted by atomic mass is 10.0. The smallest absolute Gasteiger partial charge is 0.225 e. The predicted molar refractivity (Wildman–Crippen MR) is 92.3 cm³/mol. The Morgan fingerprint density at radius 2 is 2.00 bits per heavy atom. The van der Waals surface area contributed by atoms with Gasteiger partial charge in [-0.2, -0.15) is 0 Å². The number of hydrogen-bond donors (Lipinski definition) is 2. The molecule has 0 aromatic heterocycles. The summed E-state index contributed by atoms with van der Waals surface area (Å²) in [6, 6.07) is 13.8. The summed E-state index contributed by atoms with van der Waals surface area (Å²) in [5, 5.41) is 15.3. The van der Waals surface area contributed by atoms with Gasteiger partial charge >= 0.3 is 0 Å². The third kappa shape index (κ3) is 3.57. The van der Waals surface area contributed by atoms with Crippen molar-refractivity contribution >= 4 is 22.6 Å². The molecule has 1 saturated heterocycles. The molecule has 0 bridgehead atoms. The van der Waals surface area contributed by atoms with Crippen molar-refractivity contribution in [3.8, 4) is 0 Å². The fourth-order valence-corrected chi connectivity index (χ4v) is 3.13. The van der Waals surface area contributed by atoms with Gasteiger partial charge in [0.05, 0.1) is 12.0 Å². The van der Waals surface area contributed by atoms with Gasteiger partial charge in [0.2, 0.25) is 11.8 Å². The molecule has 0 spiro atoms. The maximum atomic E-state index is 12.2. The molecular weight excluding hydrogens is 304 g/mol. The first-order valence-electron chi connectivity index (χ1n) is 8.24. The normalized spacial score (nSPS) is 18.6. The number of carbonyl (C=O) groups excluding carboxylic acids is 2. The molecule has 3 rings (SSSR count). The third-order valence-electron chi connectivity index (χ3n) is 4.63. The second-order valence-corrected chi connectivity index (χ2v) is 6.32. The zero-order valence-electron chi connectivity index (χ0n) is 13.7. The van der Waals surface area contributed by atoms with Crippen molar-refractivity contribution in [2.24, 2.45) is 5.92 Å². The van der Waals surface area contributed by atoms with E-state index < -0.39 is 6.10 Å². The first-order valence-corrected chi connectivity index (χ1v) is 8.24. The molecular formula is C19H22N2O3. The van der Waals surface area contributed by atoms with Crippen LogP contribution in [-0.2, 0) is 9.59 Å². The second kappa shape index (κ2) is 7.01. The average Bonchev–Trinajstić information content (AvgIpc) is 3.09. The standard InChI is InChI=1S/C19H22N2O3/c1-13(22)21-9-8-17(12-21)19(24)20-11-18(23)16-7-6-14-4-2-3-5-15(14)10-16/h2-7,10,17-18,23H,8-9,11-12H2,1H3,(H,20,24). The number of likely N-dealkylation sites (tertiary alicyclic amines) is 1. The summed E-state index contributed by atoms with van der Waals surface area (Å²) in [6.07, 6.45) is -0.0684. The molecule has 2 aromatic rings. The lowest BCUT2D eigenvalue weighted by Gasteiger charge is -2.16. The van der Waals surface area contributed by atoms with Gasteiger partial charge in [0.1, 0.15) is 0 Å². The highest BCUT2D eigenvalue weighted by Crippen LogP contribution is 2.21. The Kier molecular flexibility index (Phi) is 4.81. The summed E-state index contributed by atoms with van der Waals surface area (Å²) in [7, 11) is 0. The van der Waals surface area contributed by atoms with Crippen molar-refractivity contribution in [3.05, 3.63) is 48.0 Å². The lowest BCUT2D eigenvalue weighted by molar-refractivity contribution is -0.128. The maximum Gasteiger partial charge on any atom is 0.225 e. The first-order chi connectivity index (χ1) is 11.5. The van der Waals surface area contributed by atoms with Crippen molar-refractivity contribution < 1.29 is 14.7 Å². The van der Waals surface area contributed by atoms with Crippen LogP contribution in [0, 0.1) is 5.92 Å². The number of benzene rings is 2. The van der Waals surface area contributed by atoms with Crippen LogP contribution in [0.15, 0.2) is 42.5 Å². The highest BCUT2D eigenvalue weighted by molar-refractivity contribution is 5.83. The van der Waals surface area contributed by atoms with Gasteiger partial charge in [-0.25, -0.2) is 0 Å². The Labute approximate surface area is 141 Å². The molecule has 0 aliphatic carbocycles. The van der Waals surface area contributed by atoms with Gasteiger partial charge < -0.3 is 15.3 Å². The molecule has 2 unspecified atom stereocenters. The van der Waals surface area contributed by atoms with Gasteiger partial charge in [0.25, 0.3) is 0 Å². The highest BCUT2D eigenvalue weighted by Gasteiger charge is 2.29. The fraction of sp³-hybridized carbons (Fsp3) is 0.368. The van der Waals surface area contributed by atoms with Crippen molar-refractivity contribution in [2.45, 2.75) is 19.4 Å². The van der Waals surface area contributed by atoms with Crippen LogP contribution in [0.5, 0.6) is 0 Å². The van der Waals surface area contributed by atoms with Gasteiger partial charge in [-0.3, -0.25) is 9.59 Å². The van der Waals surface area contributed by atoms with E-state index in [1.54, 1.807) is 4.90 Å². The molecule has 0 saturated carbocycles. The predicted octanol–water partition coefficient (Wildman–Crippen LogP) is 1.86. The van der Waals surface area contributed by atoms with Crippen LogP contribution in [0.4, 0.5) is 0 Å². The highest BCUT2D eigenvalue weighted by atomic mass is 16.3. The van der Waals surface area contributed by atoms with Gasteiger partial charge in [-0.1, -0.05) is 36.4 Å². The summed E-state index contributed by atoms with van der Waals surface area (Å²) in [5.74, 6) is -0.280. The zero-order chi connectivity index (χ0) is 17.1. The monoisotopic (exact) mass is 326 g/mol. The Morgan fingerprint density at radius 1 is 1.25 bits per heavy atom. The second-order valence-electron chi connectivity index (χ2n) is 6.32. The number of amides is 2. The molecule has 1 heterocycles. The van der Waals surface area contributed by atoms with Crippen LogP contribution < -0.4 is 5.32 Å². The number of carbonyl (C=O) groups is 2. The van der Waals surface area contributed by atoms with Crippen LogP contribution >= 0.6 is 0 Å². The van der Waals surface area contributed by atoms with Crippen LogP contribution in [0.3, 0.4) is 0 Å². The first kappa shape index (κ1) is 16.5. The number of nitrogens with zero attached hydrogens (tertiary/aromatic N) is 1. The van der Waals surface area contributed by atoms with Gasteiger partial charge in [-0.15, -0.1) is 0 Å². The lowest BCUT2D eigenvalue weighted by Crippen LogP contribution is -2.36. The fourth-order valence-electron chi connectivity index (χ4n) is 3.13. The van der Waals surface area contributed by atoms with E-state index in [0.29, 0.717) is 19.5 Å². The number of hydrogen-bond acceptors (Lipinski definition) is 3. The van der Waals surface area contributed by atoms with E-state index >= 15 is 0 Å². The number of nitrogens with one attached hydrogen (secondary N) is 1. The Balaban J connectivity index is 1.57. The van der Waals surface area contributed by atoms with Crippen molar-refractivity contribution in [2.75, 3.05) is 19.6 Å². The van der Waals surface area contributed by atoms with E-state index in [0.717, 1.165) is 16.3 Å². The molecule has 1 aliphatic rings. The Hall–Kier alpha value is -2.40. The van der Waals surface area contributed by atoms with E-state index in [-0.39, 0.29) is 24.3 Å². The molecule has 24 heavy (non-hydrogen) atoms. The van der Waals surface area contributed by atoms with E-state index in [1.165, 1.54) is 6.92 Å². The molecule has 5 heteroatoms.